The third kappa shape index (κ3) is 5.40. The summed E-state index contributed by atoms with van der Waals surface area (Å²) in [6.45, 7) is 2.11. The fraction of sp³-hybridized carbons (Fsp3) is 0.227. The summed E-state index contributed by atoms with van der Waals surface area (Å²) in [5.41, 5.74) is 3.92. The quantitative estimate of drug-likeness (QED) is 0.440. The number of carbonyl (C=O) groups is 2. The molecule has 1 aromatic heterocycles. The van der Waals surface area contributed by atoms with Crippen LogP contribution in [0, 0.1) is 10.9 Å². The van der Waals surface area contributed by atoms with E-state index in [1.807, 2.05) is 71.5 Å². The van der Waals surface area contributed by atoms with Gasteiger partial charge in [0.25, 0.3) is 0 Å². The number of thiazole rings is 1. The van der Waals surface area contributed by atoms with Crippen LogP contribution in [0.2, 0.25) is 0 Å². The third-order valence-electron chi connectivity index (χ3n) is 4.57. The Morgan fingerprint density at radius 3 is 2.48 bits per heavy atom. The van der Waals surface area contributed by atoms with Gasteiger partial charge in [-0.1, -0.05) is 60.2 Å². The molecule has 1 amide bonds. The second kappa shape index (κ2) is 9.62. The van der Waals surface area contributed by atoms with Crippen LogP contribution >= 0.6 is 23.6 Å². The fourth-order valence-corrected chi connectivity index (χ4v) is 4.07. The minimum absolute atomic E-state index is 0.0616. The van der Waals surface area contributed by atoms with Crippen LogP contribution in [-0.4, -0.2) is 23.6 Å². The first kappa shape index (κ1) is 21.0. The Bertz CT molecular complexity index is 1040. The summed E-state index contributed by atoms with van der Waals surface area (Å²) in [6, 6.07) is 17.0. The molecular formula is C22H22N2O3S2. The number of nitrogens with zero attached hydrogens (tertiary/aromatic N) is 1. The number of nitrogens with one attached hydrogen (secondary N) is 1. The molecule has 0 aliphatic rings. The topological polar surface area (TPSA) is 60.3 Å². The van der Waals surface area contributed by atoms with Crippen molar-refractivity contribution in [1.82, 2.24) is 9.88 Å². The van der Waals surface area contributed by atoms with E-state index in [1.54, 1.807) is 0 Å². The number of benzene rings is 2. The maximum atomic E-state index is 12.8. The normalized spacial score (nSPS) is 11.7. The van der Waals surface area contributed by atoms with Crippen molar-refractivity contribution in [3.8, 4) is 11.3 Å². The maximum Gasteiger partial charge on any atom is 0.307 e. The van der Waals surface area contributed by atoms with E-state index in [1.165, 1.54) is 24.0 Å². The number of aromatic nitrogens is 1. The van der Waals surface area contributed by atoms with Crippen LogP contribution in [0.5, 0.6) is 0 Å². The Morgan fingerprint density at radius 1 is 1.14 bits per heavy atom. The van der Waals surface area contributed by atoms with Crippen molar-refractivity contribution in [3.05, 3.63) is 75.1 Å². The number of carbonyl (C=O) groups excluding carboxylic acids is 2. The van der Waals surface area contributed by atoms with Crippen molar-refractivity contribution in [1.29, 1.82) is 0 Å². The van der Waals surface area contributed by atoms with Crippen LogP contribution < -0.4 is 5.32 Å². The summed E-state index contributed by atoms with van der Waals surface area (Å²) in [5, 5.41) is 4.91. The molecule has 0 aliphatic carbocycles. The molecule has 0 saturated carbocycles. The number of esters is 1. The molecule has 1 atom stereocenters. The Hall–Kier alpha value is -2.77. The standard InChI is InChI=1S/C22H22N2O3S2/c1-15-8-10-17(11-9-15)19-14-29-22(28)24(19)13-20(25)23-18(12-21(26)27-2)16-6-4-3-5-7-16/h3-11,14,18H,12-13H2,1-2H3,(H,23,25). The van der Waals surface area contributed by atoms with E-state index in [4.69, 9.17) is 17.0 Å². The molecule has 1 unspecified atom stereocenters. The lowest BCUT2D eigenvalue weighted by atomic mass is 10.0. The number of ether oxygens (including phenoxy) is 1. The lowest BCUT2D eigenvalue weighted by Gasteiger charge is -2.19. The average Bonchev–Trinajstić information content (AvgIpc) is 3.08. The van der Waals surface area contributed by atoms with Crippen LogP contribution in [0.1, 0.15) is 23.6 Å². The molecule has 0 aliphatic heterocycles. The van der Waals surface area contributed by atoms with Crippen LogP contribution in [0.15, 0.2) is 60.0 Å². The highest BCUT2D eigenvalue weighted by Gasteiger charge is 2.20. The number of hydrogen-bond donors (Lipinski definition) is 1. The molecule has 0 radical (unpaired) electrons. The molecule has 7 heteroatoms. The van der Waals surface area contributed by atoms with Gasteiger partial charge >= 0.3 is 5.97 Å². The van der Waals surface area contributed by atoms with E-state index in [2.05, 4.69) is 5.32 Å². The number of amides is 1. The summed E-state index contributed by atoms with van der Waals surface area (Å²) in [7, 11) is 1.34. The highest BCUT2D eigenvalue weighted by atomic mass is 32.1. The highest BCUT2D eigenvalue weighted by molar-refractivity contribution is 7.73. The predicted molar refractivity (Wildman–Crippen MR) is 117 cm³/mol. The number of methoxy groups -OCH3 is 1. The van der Waals surface area contributed by atoms with Crippen molar-refractivity contribution >= 4 is 35.4 Å². The Labute approximate surface area is 179 Å². The maximum absolute atomic E-state index is 12.8. The van der Waals surface area contributed by atoms with Crippen molar-refractivity contribution in [3.63, 3.8) is 0 Å². The number of rotatable bonds is 7. The number of hydrogen-bond acceptors (Lipinski definition) is 5. The van der Waals surface area contributed by atoms with Gasteiger partial charge in [0.05, 0.1) is 25.3 Å². The summed E-state index contributed by atoms with van der Waals surface area (Å²) >= 11 is 6.87. The molecule has 0 saturated heterocycles. The Balaban J connectivity index is 1.80. The summed E-state index contributed by atoms with van der Waals surface area (Å²) in [5.74, 6) is -0.600. The van der Waals surface area contributed by atoms with E-state index >= 15 is 0 Å². The Kier molecular flexibility index (Phi) is 6.95. The monoisotopic (exact) mass is 426 g/mol. The third-order valence-corrected chi connectivity index (χ3v) is 5.84. The second-order valence-electron chi connectivity index (χ2n) is 6.65. The minimum atomic E-state index is -0.466. The van der Waals surface area contributed by atoms with E-state index in [0.29, 0.717) is 3.95 Å². The lowest BCUT2D eigenvalue weighted by Crippen LogP contribution is -2.33. The van der Waals surface area contributed by atoms with E-state index < -0.39 is 6.04 Å². The molecule has 0 bridgehead atoms. The van der Waals surface area contributed by atoms with Gasteiger partial charge in [-0.05, 0) is 30.3 Å². The van der Waals surface area contributed by atoms with Crippen molar-refractivity contribution < 1.29 is 14.3 Å². The van der Waals surface area contributed by atoms with Crippen molar-refractivity contribution in [2.45, 2.75) is 25.9 Å². The van der Waals surface area contributed by atoms with Gasteiger partial charge in [0.15, 0.2) is 3.95 Å². The molecule has 0 spiro atoms. The first-order valence-corrected chi connectivity index (χ1v) is 10.4. The summed E-state index contributed by atoms with van der Waals surface area (Å²) in [4.78, 5) is 24.6. The molecule has 2 aromatic carbocycles. The van der Waals surface area contributed by atoms with Crippen molar-refractivity contribution in [2.75, 3.05) is 7.11 Å². The fourth-order valence-electron chi connectivity index (χ4n) is 3.00. The van der Waals surface area contributed by atoms with Gasteiger partial charge in [-0.3, -0.25) is 9.59 Å². The van der Waals surface area contributed by atoms with E-state index in [-0.39, 0.29) is 24.8 Å². The van der Waals surface area contributed by atoms with Gasteiger partial charge in [0, 0.05) is 5.38 Å². The molecular weight excluding hydrogens is 404 g/mol. The zero-order valence-electron chi connectivity index (χ0n) is 16.3. The molecule has 150 valence electrons. The molecule has 3 aromatic rings. The van der Waals surface area contributed by atoms with Crippen LogP contribution in [0.3, 0.4) is 0 Å². The smallest absolute Gasteiger partial charge is 0.307 e. The molecule has 29 heavy (non-hydrogen) atoms. The first-order valence-electron chi connectivity index (χ1n) is 9.14. The Morgan fingerprint density at radius 2 is 1.83 bits per heavy atom. The minimum Gasteiger partial charge on any atom is -0.469 e. The van der Waals surface area contributed by atoms with Gasteiger partial charge in [0.1, 0.15) is 6.54 Å². The molecule has 5 nitrogen and oxygen atoms in total. The summed E-state index contributed by atoms with van der Waals surface area (Å²) in [6.07, 6.45) is 0.0616. The zero-order chi connectivity index (χ0) is 20.8. The first-order chi connectivity index (χ1) is 14.0. The molecule has 1 heterocycles. The second-order valence-corrected chi connectivity index (χ2v) is 8.15. The lowest BCUT2D eigenvalue weighted by molar-refractivity contribution is -0.141. The van der Waals surface area contributed by atoms with E-state index in [9.17, 15) is 9.59 Å². The zero-order valence-corrected chi connectivity index (χ0v) is 17.9. The molecule has 3 rings (SSSR count). The largest absolute Gasteiger partial charge is 0.469 e. The predicted octanol–water partition coefficient (Wildman–Crippen LogP) is 4.68. The van der Waals surface area contributed by atoms with Gasteiger partial charge in [-0.2, -0.15) is 0 Å². The number of aryl methyl sites for hydroxylation is 1. The van der Waals surface area contributed by atoms with Crippen LogP contribution in [-0.2, 0) is 20.9 Å². The summed E-state index contributed by atoms with van der Waals surface area (Å²) < 4.78 is 7.23. The van der Waals surface area contributed by atoms with Gasteiger partial charge in [0.2, 0.25) is 5.91 Å². The van der Waals surface area contributed by atoms with Crippen molar-refractivity contribution in [2.24, 2.45) is 0 Å². The van der Waals surface area contributed by atoms with E-state index in [0.717, 1.165) is 16.8 Å². The van der Waals surface area contributed by atoms with Crippen LogP contribution in [0.25, 0.3) is 11.3 Å². The average molecular weight is 427 g/mol. The van der Waals surface area contributed by atoms with Gasteiger partial charge in [-0.15, -0.1) is 11.3 Å². The van der Waals surface area contributed by atoms with Crippen LogP contribution in [0.4, 0.5) is 0 Å². The molecule has 0 fully saturated rings. The molecule has 1 N–H and O–H groups in total. The SMILES string of the molecule is COC(=O)CC(NC(=O)Cn1c(-c2ccc(C)cc2)csc1=S)c1ccccc1. The van der Waals surface area contributed by atoms with Gasteiger partial charge < -0.3 is 14.6 Å². The van der Waals surface area contributed by atoms with Gasteiger partial charge in [-0.25, -0.2) is 0 Å². The highest BCUT2D eigenvalue weighted by Crippen LogP contribution is 2.25.